The molecule has 0 bridgehead atoms. The van der Waals surface area contributed by atoms with Crippen LogP contribution in [0.4, 0.5) is 25.0 Å². The molecule has 1 fully saturated rings. The minimum absolute atomic E-state index is 0.0116. The third-order valence-corrected chi connectivity index (χ3v) is 4.11. The Balaban J connectivity index is 1.59. The molecule has 0 spiro atoms. The smallest absolute Gasteiger partial charge is 0.322 e. The summed E-state index contributed by atoms with van der Waals surface area (Å²) in [5, 5.41) is 2.50. The Hall–Kier alpha value is -2.63. The van der Waals surface area contributed by atoms with Gasteiger partial charge in [0.2, 0.25) is 0 Å². The van der Waals surface area contributed by atoms with Crippen molar-refractivity contribution < 1.29 is 13.6 Å². The highest BCUT2D eigenvalue weighted by atomic mass is 19.1. The Kier molecular flexibility index (Phi) is 4.64. The van der Waals surface area contributed by atoms with Crippen LogP contribution in [-0.2, 0) is 0 Å². The molecule has 1 N–H and O–H groups in total. The first kappa shape index (κ1) is 16.2. The van der Waals surface area contributed by atoms with Gasteiger partial charge in [0.25, 0.3) is 0 Å². The number of anilines is 2. The van der Waals surface area contributed by atoms with E-state index >= 15 is 0 Å². The standard InChI is InChI=1S/C18H19F2N3O/c1-13-3-2-4-15(11-13)22-7-9-23(10-8-22)18(24)21-17-6-5-14(19)12-16(17)20/h2-6,11-12H,7-10H2,1H3,(H,21,24). The number of amides is 2. The molecule has 2 amide bonds. The van der Waals surface area contributed by atoms with Crippen LogP contribution >= 0.6 is 0 Å². The van der Waals surface area contributed by atoms with Crippen LogP contribution in [0.2, 0.25) is 0 Å². The lowest BCUT2D eigenvalue weighted by molar-refractivity contribution is 0.208. The van der Waals surface area contributed by atoms with Gasteiger partial charge in [0.05, 0.1) is 5.69 Å². The van der Waals surface area contributed by atoms with Crippen LogP contribution in [0.25, 0.3) is 0 Å². The number of urea groups is 1. The van der Waals surface area contributed by atoms with Gasteiger partial charge in [0, 0.05) is 37.9 Å². The zero-order valence-electron chi connectivity index (χ0n) is 13.4. The number of benzene rings is 2. The number of rotatable bonds is 2. The van der Waals surface area contributed by atoms with Crippen molar-refractivity contribution in [2.45, 2.75) is 6.92 Å². The van der Waals surface area contributed by atoms with Crippen molar-refractivity contribution in [2.75, 3.05) is 36.4 Å². The van der Waals surface area contributed by atoms with E-state index in [9.17, 15) is 13.6 Å². The number of aryl methyl sites for hydroxylation is 1. The van der Waals surface area contributed by atoms with E-state index in [0.29, 0.717) is 26.2 Å². The SMILES string of the molecule is Cc1cccc(N2CCN(C(=O)Nc3ccc(F)cc3F)CC2)c1. The number of halogens is 2. The van der Waals surface area contributed by atoms with E-state index in [0.717, 1.165) is 17.8 Å². The second-order valence-corrected chi connectivity index (χ2v) is 5.87. The van der Waals surface area contributed by atoms with Crippen LogP contribution in [-0.4, -0.2) is 37.1 Å². The van der Waals surface area contributed by atoms with Crippen molar-refractivity contribution in [3.63, 3.8) is 0 Å². The van der Waals surface area contributed by atoms with E-state index < -0.39 is 11.6 Å². The van der Waals surface area contributed by atoms with Crippen LogP contribution in [0.1, 0.15) is 5.56 Å². The summed E-state index contributed by atoms with van der Waals surface area (Å²) in [5.74, 6) is -1.45. The van der Waals surface area contributed by atoms with E-state index in [1.165, 1.54) is 11.6 Å². The Bertz CT molecular complexity index is 743. The van der Waals surface area contributed by atoms with Gasteiger partial charge in [0.15, 0.2) is 0 Å². The average molecular weight is 331 g/mol. The Labute approximate surface area is 139 Å². The molecular weight excluding hydrogens is 312 g/mol. The minimum Gasteiger partial charge on any atom is -0.368 e. The van der Waals surface area contributed by atoms with E-state index in [-0.39, 0.29) is 11.7 Å². The highest BCUT2D eigenvalue weighted by Crippen LogP contribution is 2.19. The summed E-state index contributed by atoms with van der Waals surface area (Å²) in [6.45, 7) is 4.56. The molecule has 2 aromatic rings. The fourth-order valence-corrected chi connectivity index (χ4v) is 2.78. The van der Waals surface area contributed by atoms with Gasteiger partial charge in [-0.15, -0.1) is 0 Å². The molecule has 24 heavy (non-hydrogen) atoms. The number of piperazine rings is 1. The van der Waals surface area contributed by atoms with Crippen LogP contribution in [0.3, 0.4) is 0 Å². The molecule has 3 rings (SSSR count). The molecule has 1 saturated heterocycles. The largest absolute Gasteiger partial charge is 0.368 e. The Morgan fingerprint density at radius 1 is 1.04 bits per heavy atom. The number of carbonyl (C=O) groups excluding carboxylic acids is 1. The predicted molar refractivity (Wildman–Crippen MR) is 90.3 cm³/mol. The van der Waals surface area contributed by atoms with Crippen molar-refractivity contribution in [1.82, 2.24) is 4.90 Å². The summed E-state index contributed by atoms with van der Waals surface area (Å²) in [4.78, 5) is 16.1. The maximum Gasteiger partial charge on any atom is 0.322 e. The maximum absolute atomic E-state index is 13.6. The molecule has 1 aliphatic rings. The molecular formula is C18H19F2N3O. The summed E-state index contributed by atoms with van der Waals surface area (Å²) >= 11 is 0. The number of hydrogen-bond donors (Lipinski definition) is 1. The summed E-state index contributed by atoms with van der Waals surface area (Å²) < 4.78 is 26.5. The molecule has 0 aliphatic carbocycles. The number of carbonyl (C=O) groups is 1. The number of nitrogens with one attached hydrogen (secondary N) is 1. The second-order valence-electron chi connectivity index (χ2n) is 5.87. The molecule has 6 heteroatoms. The van der Waals surface area contributed by atoms with Crippen LogP contribution in [0.5, 0.6) is 0 Å². The fourth-order valence-electron chi connectivity index (χ4n) is 2.78. The van der Waals surface area contributed by atoms with Crippen LogP contribution in [0, 0.1) is 18.6 Å². The van der Waals surface area contributed by atoms with Gasteiger partial charge in [0.1, 0.15) is 11.6 Å². The minimum atomic E-state index is -0.776. The molecule has 2 aromatic carbocycles. The van der Waals surface area contributed by atoms with Crippen molar-refractivity contribution in [3.05, 3.63) is 59.7 Å². The maximum atomic E-state index is 13.6. The topological polar surface area (TPSA) is 35.6 Å². The third-order valence-electron chi connectivity index (χ3n) is 4.11. The van der Waals surface area contributed by atoms with Gasteiger partial charge in [-0.3, -0.25) is 0 Å². The zero-order chi connectivity index (χ0) is 17.1. The molecule has 1 heterocycles. The normalized spacial score (nSPS) is 14.6. The lowest BCUT2D eigenvalue weighted by Crippen LogP contribution is -2.50. The van der Waals surface area contributed by atoms with Gasteiger partial charge >= 0.3 is 6.03 Å². The van der Waals surface area contributed by atoms with Gasteiger partial charge < -0.3 is 15.1 Å². The molecule has 0 saturated carbocycles. The van der Waals surface area contributed by atoms with Gasteiger partial charge in [-0.2, -0.15) is 0 Å². The predicted octanol–water partition coefficient (Wildman–Crippen LogP) is 3.63. The second kappa shape index (κ2) is 6.86. The number of nitrogens with zero attached hydrogens (tertiary/aromatic N) is 2. The highest BCUT2D eigenvalue weighted by molar-refractivity contribution is 5.89. The lowest BCUT2D eigenvalue weighted by atomic mass is 10.2. The van der Waals surface area contributed by atoms with Gasteiger partial charge in [-0.05, 0) is 36.8 Å². The van der Waals surface area contributed by atoms with Crippen LogP contribution < -0.4 is 10.2 Å². The first-order chi connectivity index (χ1) is 11.5. The molecule has 0 unspecified atom stereocenters. The molecule has 1 aliphatic heterocycles. The van der Waals surface area contributed by atoms with Crippen molar-refractivity contribution in [2.24, 2.45) is 0 Å². The Morgan fingerprint density at radius 2 is 1.79 bits per heavy atom. The summed E-state index contributed by atoms with van der Waals surface area (Å²) in [6, 6.07) is 11.0. The zero-order valence-corrected chi connectivity index (χ0v) is 13.4. The Morgan fingerprint density at radius 3 is 2.46 bits per heavy atom. The van der Waals surface area contributed by atoms with Crippen molar-refractivity contribution in [3.8, 4) is 0 Å². The molecule has 4 nitrogen and oxygen atoms in total. The molecule has 126 valence electrons. The third kappa shape index (κ3) is 3.64. The molecule has 0 aromatic heterocycles. The van der Waals surface area contributed by atoms with E-state index in [2.05, 4.69) is 22.3 Å². The molecule has 0 radical (unpaired) electrons. The lowest BCUT2D eigenvalue weighted by Gasteiger charge is -2.36. The fraction of sp³-hybridized carbons (Fsp3) is 0.278. The summed E-state index contributed by atoms with van der Waals surface area (Å²) in [6.07, 6.45) is 0. The quantitative estimate of drug-likeness (QED) is 0.912. The molecule has 0 atom stereocenters. The highest BCUT2D eigenvalue weighted by Gasteiger charge is 2.22. The van der Waals surface area contributed by atoms with E-state index in [4.69, 9.17) is 0 Å². The van der Waals surface area contributed by atoms with E-state index in [1.807, 2.05) is 19.1 Å². The van der Waals surface area contributed by atoms with Gasteiger partial charge in [-0.25, -0.2) is 13.6 Å². The summed E-state index contributed by atoms with van der Waals surface area (Å²) in [7, 11) is 0. The summed E-state index contributed by atoms with van der Waals surface area (Å²) in [5.41, 5.74) is 2.32. The van der Waals surface area contributed by atoms with Crippen molar-refractivity contribution in [1.29, 1.82) is 0 Å². The average Bonchev–Trinajstić information content (AvgIpc) is 2.57. The monoisotopic (exact) mass is 331 g/mol. The van der Waals surface area contributed by atoms with Gasteiger partial charge in [-0.1, -0.05) is 12.1 Å². The first-order valence-electron chi connectivity index (χ1n) is 7.85. The first-order valence-corrected chi connectivity index (χ1v) is 7.85. The van der Waals surface area contributed by atoms with Crippen molar-refractivity contribution >= 4 is 17.4 Å². The van der Waals surface area contributed by atoms with Crippen LogP contribution in [0.15, 0.2) is 42.5 Å². The number of hydrogen-bond acceptors (Lipinski definition) is 2. The van der Waals surface area contributed by atoms with E-state index in [1.54, 1.807) is 4.90 Å².